The molecule has 1 aromatic carbocycles. The summed E-state index contributed by atoms with van der Waals surface area (Å²) in [5.74, 6) is -3.51. The van der Waals surface area contributed by atoms with Crippen LogP contribution in [0.2, 0.25) is 0 Å². The topological polar surface area (TPSA) is 238 Å². The minimum Gasteiger partial charge on any atom is -0.547 e. The Morgan fingerprint density at radius 3 is 2.14 bits per heavy atom. The number of furan rings is 1. The second-order valence-electron chi connectivity index (χ2n) is 6.14. The Morgan fingerprint density at radius 2 is 1.71 bits per heavy atom. The van der Waals surface area contributed by atoms with Crippen LogP contribution in [0.4, 0.5) is 10.5 Å². The standard InChI is InChI=1S/C14H10N4O5.C4H6O6.2Na/c19-13-8-17(14(20)16-13)15-7-11-5-6-12(23-11)9-1-3-10(4-2-9)18(21)22;5-1(3(7)8)2(6)4(9)10;;/h1-7H,8H2,(H,16,19,20);1-2,5-6H,(H,7,8)(H,9,10);;/q;;2*+1/p-2. The number of carboxylic acids is 2. The van der Waals surface area contributed by atoms with Gasteiger partial charge in [0.05, 0.1) is 17.1 Å². The molecule has 1 fully saturated rings. The number of benzene rings is 1. The van der Waals surface area contributed by atoms with E-state index in [0.29, 0.717) is 17.1 Å². The fourth-order valence-corrected chi connectivity index (χ4v) is 2.20. The Kier molecular flexibility index (Phi) is 13.6. The van der Waals surface area contributed by atoms with Crippen LogP contribution in [0.25, 0.3) is 16.6 Å². The fourth-order valence-electron chi connectivity index (χ4n) is 2.20. The quantitative estimate of drug-likeness (QED) is 0.104. The van der Waals surface area contributed by atoms with E-state index in [2.05, 4.69) is 10.4 Å². The molecule has 2 atom stereocenters. The average Bonchev–Trinajstić information content (AvgIpc) is 3.37. The molecule has 0 aliphatic carbocycles. The first kappa shape index (κ1) is 32.4. The molecular formula is C18H14N4Na2O11. The zero-order chi connectivity index (χ0) is 24.7. The molecule has 174 valence electrons. The number of nitro groups is 1. The molecule has 2 unspecified atom stereocenters. The van der Waals surface area contributed by atoms with Crippen LogP contribution in [0.3, 0.4) is 0 Å². The summed E-state index contributed by atoms with van der Waals surface area (Å²) in [6.45, 7) is -0.189. The maximum absolute atomic E-state index is 11.3. The van der Waals surface area contributed by atoms with Crippen molar-refractivity contribution in [1.29, 1.82) is 0 Å². The van der Waals surface area contributed by atoms with E-state index < -0.39 is 41.0 Å². The van der Waals surface area contributed by atoms with Crippen LogP contribution >= 0.6 is 0 Å². The largest absolute Gasteiger partial charge is 1.00 e. The second kappa shape index (κ2) is 14.7. The van der Waals surface area contributed by atoms with Gasteiger partial charge in [0.2, 0.25) is 0 Å². The third-order valence-electron chi connectivity index (χ3n) is 3.83. The van der Waals surface area contributed by atoms with Crippen LogP contribution in [0.15, 0.2) is 45.9 Å². The number of aliphatic hydroxyl groups excluding tert-OH is 2. The van der Waals surface area contributed by atoms with Crippen molar-refractivity contribution < 1.29 is 108 Å². The summed E-state index contributed by atoms with van der Waals surface area (Å²) >= 11 is 0. The Morgan fingerprint density at radius 1 is 1.11 bits per heavy atom. The second-order valence-corrected chi connectivity index (χ2v) is 6.14. The molecule has 3 rings (SSSR count). The van der Waals surface area contributed by atoms with Crippen molar-refractivity contribution in [3.05, 3.63) is 57.6 Å². The van der Waals surface area contributed by atoms with Gasteiger partial charge in [-0.05, 0) is 24.3 Å². The molecule has 1 aromatic heterocycles. The SMILES string of the molecule is O=C([O-])C(O)C(O)C(=O)O.O=C1CN(N=Cc2ccc(-c3ccc([N+](=O)[O-])cc3)o2)C(=O)[N-]1.[Na+].[Na+]. The van der Waals surface area contributed by atoms with E-state index >= 15 is 0 Å². The molecule has 1 aliphatic heterocycles. The molecule has 3 amide bonds. The van der Waals surface area contributed by atoms with Gasteiger partial charge in [-0.1, -0.05) is 0 Å². The van der Waals surface area contributed by atoms with Gasteiger partial charge < -0.3 is 40.0 Å². The summed E-state index contributed by atoms with van der Waals surface area (Å²) in [6, 6.07) is 8.47. The minimum absolute atomic E-state index is 0. The van der Waals surface area contributed by atoms with Crippen LogP contribution in [0, 0.1) is 10.1 Å². The Hall–Kier alpha value is -2.63. The molecule has 1 saturated heterocycles. The average molecular weight is 508 g/mol. The van der Waals surface area contributed by atoms with Crippen molar-refractivity contribution in [3.8, 4) is 11.3 Å². The van der Waals surface area contributed by atoms with E-state index in [-0.39, 0.29) is 71.3 Å². The van der Waals surface area contributed by atoms with Gasteiger partial charge in [0.15, 0.2) is 18.0 Å². The van der Waals surface area contributed by atoms with Crippen molar-refractivity contribution in [3.63, 3.8) is 0 Å². The number of hydrogen-bond donors (Lipinski definition) is 3. The van der Waals surface area contributed by atoms with Gasteiger partial charge in [0.1, 0.15) is 17.6 Å². The molecule has 0 radical (unpaired) electrons. The first-order chi connectivity index (χ1) is 15.5. The Bertz CT molecular complexity index is 1090. The maximum atomic E-state index is 11.3. The van der Waals surface area contributed by atoms with Gasteiger partial charge in [-0.25, -0.2) is 4.79 Å². The number of carboxylic acid groups (broad SMARTS) is 2. The fraction of sp³-hybridized carbons (Fsp3) is 0.167. The first-order valence-electron chi connectivity index (χ1n) is 8.74. The molecule has 17 heteroatoms. The minimum atomic E-state index is -2.38. The number of carbonyl (C=O) groups excluding carboxylic acids is 3. The summed E-state index contributed by atoms with van der Waals surface area (Å²) in [5.41, 5.74) is 0.653. The predicted molar refractivity (Wildman–Crippen MR) is 104 cm³/mol. The van der Waals surface area contributed by atoms with Gasteiger partial charge in [0, 0.05) is 24.2 Å². The number of carbonyl (C=O) groups is 4. The molecule has 15 nitrogen and oxygen atoms in total. The number of rotatable bonds is 7. The zero-order valence-corrected chi connectivity index (χ0v) is 22.3. The number of aliphatic carboxylic acids is 2. The number of hydrazone groups is 1. The van der Waals surface area contributed by atoms with E-state index in [1.165, 1.54) is 18.3 Å². The zero-order valence-electron chi connectivity index (χ0n) is 18.3. The molecule has 2 heterocycles. The number of hydrogen-bond acceptors (Lipinski definition) is 11. The molecule has 1 aliphatic rings. The van der Waals surface area contributed by atoms with Crippen LogP contribution in [0.1, 0.15) is 5.76 Å². The van der Waals surface area contributed by atoms with Crippen LogP contribution < -0.4 is 64.2 Å². The molecule has 0 bridgehead atoms. The number of urea groups is 1. The maximum Gasteiger partial charge on any atom is 1.00 e. The van der Waals surface area contributed by atoms with E-state index in [1.54, 1.807) is 24.3 Å². The third-order valence-corrected chi connectivity index (χ3v) is 3.83. The van der Waals surface area contributed by atoms with Gasteiger partial charge >= 0.3 is 65.1 Å². The Balaban J connectivity index is 0.000000831. The normalized spacial score (nSPS) is 14.1. The molecule has 35 heavy (non-hydrogen) atoms. The van der Waals surface area contributed by atoms with Crippen molar-refractivity contribution in [1.82, 2.24) is 5.01 Å². The molecule has 0 spiro atoms. The number of amides is 3. The van der Waals surface area contributed by atoms with Crippen LogP contribution in [-0.4, -0.2) is 74.1 Å². The van der Waals surface area contributed by atoms with Gasteiger partial charge in [-0.2, -0.15) is 0 Å². The monoisotopic (exact) mass is 508 g/mol. The van der Waals surface area contributed by atoms with Gasteiger partial charge in [-0.3, -0.25) is 24.8 Å². The summed E-state index contributed by atoms with van der Waals surface area (Å²) in [5, 5.41) is 52.7. The summed E-state index contributed by atoms with van der Waals surface area (Å²) in [7, 11) is 0. The summed E-state index contributed by atoms with van der Waals surface area (Å²) in [4.78, 5) is 51.8. The van der Waals surface area contributed by atoms with E-state index in [4.69, 9.17) is 19.7 Å². The summed E-state index contributed by atoms with van der Waals surface area (Å²) < 4.78 is 5.52. The van der Waals surface area contributed by atoms with Crippen LogP contribution in [0.5, 0.6) is 0 Å². The van der Waals surface area contributed by atoms with E-state index in [0.717, 1.165) is 5.01 Å². The van der Waals surface area contributed by atoms with Crippen molar-refractivity contribution in [2.24, 2.45) is 5.10 Å². The van der Waals surface area contributed by atoms with Crippen molar-refractivity contribution in [2.75, 3.05) is 6.54 Å². The van der Waals surface area contributed by atoms with Gasteiger partial charge in [0.25, 0.3) is 5.69 Å². The Labute approximate surface area is 240 Å². The van der Waals surface area contributed by atoms with E-state index in [1.807, 2.05) is 0 Å². The number of imide groups is 1. The van der Waals surface area contributed by atoms with Crippen molar-refractivity contribution in [2.45, 2.75) is 12.2 Å². The van der Waals surface area contributed by atoms with Crippen LogP contribution in [-0.2, 0) is 14.4 Å². The van der Waals surface area contributed by atoms with E-state index in [9.17, 15) is 34.4 Å². The number of non-ortho nitro benzene ring substituents is 1. The van der Waals surface area contributed by atoms with Crippen molar-refractivity contribution >= 4 is 35.8 Å². The number of nitro benzene ring substituents is 1. The molecule has 2 aromatic rings. The molecular weight excluding hydrogens is 494 g/mol. The smallest absolute Gasteiger partial charge is 0.547 e. The number of nitrogens with zero attached hydrogens (tertiary/aromatic N) is 4. The molecule has 3 N–H and O–H groups in total. The summed E-state index contributed by atoms with van der Waals surface area (Å²) in [6.07, 6.45) is -3.41. The first-order valence-corrected chi connectivity index (χ1v) is 8.74. The van der Waals surface area contributed by atoms with Gasteiger partial charge in [-0.15, -0.1) is 0 Å². The third kappa shape index (κ3) is 9.50. The molecule has 0 saturated carbocycles. The predicted octanol–water partition coefficient (Wildman–Crippen LogP) is -6.92. The number of aliphatic hydroxyl groups is 2.